The van der Waals surface area contributed by atoms with Crippen LogP contribution in [-0.4, -0.2) is 19.0 Å². The van der Waals surface area contributed by atoms with Gasteiger partial charge in [-0.05, 0) is 18.1 Å². The van der Waals surface area contributed by atoms with Crippen molar-refractivity contribution in [1.82, 2.24) is 5.32 Å². The van der Waals surface area contributed by atoms with E-state index in [2.05, 4.69) is 38.2 Å². The minimum Gasteiger partial charge on any atom is -0.355 e. The molecule has 0 aliphatic heterocycles. The quantitative estimate of drug-likeness (QED) is 0.872. The van der Waals surface area contributed by atoms with Crippen LogP contribution in [0.1, 0.15) is 31.9 Å². The number of amides is 1. The van der Waals surface area contributed by atoms with Crippen molar-refractivity contribution in [3.63, 3.8) is 0 Å². The number of carbonyl (C=O) groups is 1. The number of halogens is 1. The number of hydrogen-bond donors (Lipinski definition) is 2. The molecule has 0 bridgehead atoms. The summed E-state index contributed by atoms with van der Waals surface area (Å²) < 4.78 is 0. The molecule has 0 saturated heterocycles. The summed E-state index contributed by atoms with van der Waals surface area (Å²) in [6.07, 6.45) is 0. The molecule has 1 atom stereocenters. The van der Waals surface area contributed by atoms with Gasteiger partial charge in [0.15, 0.2) is 0 Å². The van der Waals surface area contributed by atoms with Crippen molar-refractivity contribution in [3.8, 4) is 0 Å². The number of benzene rings is 1. The Morgan fingerprint density at radius 2 is 1.95 bits per heavy atom. The minimum atomic E-state index is -0.127. The maximum absolute atomic E-state index is 11.7. The van der Waals surface area contributed by atoms with E-state index in [9.17, 15) is 4.79 Å². The van der Waals surface area contributed by atoms with E-state index >= 15 is 0 Å². The predicted molar refractivity (Wildman–Crippen MR) is 82.7 cm³/mol. The lowest BCUT2D eigenvalue weighted by molar-refractivity contribution is -0.124. The van der Waals surface area contributed by atoms with Gasteiger partial charge in [0.2, 0.25) is 5.91 Å². The van der Waals surface area contributed by atoms with Crippen LogP contribution in [0.5, 0.6) is 0 Å². The predicted octanol–water partition coefficient (Wildman–Crippen LogP) is 2.41. The van der Waals surface area contributed by atoms with E-state index in [1.807, 2.05) is 19.1 Å². The van der Waals surface area contributed by atoms with Gasteiger partial charge in [-0.15, -0.1) is 12.4 Å². The fraction of sp³-hybridized carbons (Fsp3) is 0.533. The highest BCUT2D eigenvalue weighted by atomic mass is 35.5. The number of nitrogens with two attached hydrogens (primary N) is 1. The van der Waals surface area contributed by atoms with Crippen LogP contribution < -0.4 is 11.1 Å². The van der Waals surface area contributed by atoms with Crippen molar-refractivity contribution in [1.29, 1.82) is 0 Å². The molecule has 4 heteroatoms. The second-order valence-electron chi connectivity index (χ2n) is 5.55. The van der Waals surface area contributed by atoms with Crippen LogP contribution in [-0.2, 0) is 10.2 Å². The molecular weight excluding hydrogens is 260 g/mol. The van der Waals surface area contributed by atoms with Gasteiger partial charge < -0.3 is 11.1 Å². The summed E-state index contributed by atoms with van der Waals surface area (Å²) in [6.45, 7) is 9.24. The van der Waals surface area contributed by atoms with Crippen LogP contribution in [0.4, 0.5) is 0 Å². The van der Waals surface area contributed by atoms with Gasteiger partial charge in [-0.3, -0.25) is 4.79 Å². The van der Waals surface area contributed by atoms with Gasteiger partial charge >= 0.3 is 0 Å². The molecule has 3 N–H and O–H groups in total. The van der Waals surface area contributed by atoms with E-state index in [4.69, 9.17) is 5.73 Å². The van der Waals surface area contributed by atoms with Gasteiger partial charge in [0.25, 0.3) is 0 Å². The third kappa shape index (κ3) is 4.84. The van der Waals surface area contributed by atoms with Gasteiger partial charge in [-0.1, -0.05) is 45.0 Å². The summed E-state index contributed by atoms with van der Waals surface area (Å²) in [7, 11) is 0. The fourth-order valence-electron chi connectivity index (χ4n) is 2.02. The molecule has 0 fully saturated rings. The molecule has 0 aliphatic rings. The lowest BCUT2D eigenvalue weighted by Gasteiger charge is -2.28. The summed E-state index contributed by atoms with van der Waals surface area (Å²) >= 11 is 0. The highest BCUT2D eigenvalue weighted by Crippen LogP contribution is 2.25. The third-order valence-corrected chi connectivity index (χ3v) is 3.38. The number of carbonyl (C=O) groups excluding carboxylic acids is 1. The molecule has 0 heterocycles. The molecule has 0 spiro atoms. The number of nitrogens with one attached hydrogen (secondary N) is 1. The molecule has 1 unspecified atom stereocenters. The zero-order valence-electron chi connectivity index (χ0n) is 12.2. The Kier molecular flexibility index (Phi) is 7.09. The molecule has 1 aromatic rings. The summed E-state index contributed by atoms with van der Waals surface area (Å²) in [4.78, 5) is 11.7. The van der Waals surface area contributed by atoms with Crippen LogP contribution >= 0.6 is 12.4 Å². The Morgan fingerprint density at radius 3 is 2.47 bits per heavy atom. The number of hydrogen-bond acceptors (Lipinski definition) is 2. The monoisotopic (exact) mass is 284 g/mol. The van der Waals surface area contributed by atoms with Gasteiger partial charge in [0.1, 0.15) is 0 Å². The second kappa shape index (κ2) is 7.51. The summed E-state index contributed by atoms with van der Waals surface area (Å²) in [5.74, 6) is -0.100. The molecule has 108 valence electrons. The molecule has 3 nitrogen and oxygen atoms in total. The van der Waals surface area contributed by atoms with Crippen LogP contribution in [0.2, 0.25) is 0 Å². The minimum absolute atomic E-state index is 0. The Balaban J connectivity index is 0.00000324. The first-order valence-electron chi connectivity index (χ1n) is 6.42. The van der Waals surface area contributed by atoms with E-state index < -0.39 is 0 Å². The summed E-state index contributed by atoms with van der Waals surface area (Å²) in [6, 6.07) is 8.29. The zero-order valence-corrected chi connectivity index (χ0v) is 13.0. The van der Waals surface area contributed by atoms with Gasteiger partial charge in [-0.2, -0.15) is 0 Å². The van der Waals surface area contributed by atoms with Crippen LogP contribution in [0.3, 0.4) is 0 Å². The molecule has 19 heavy (non-hydrogen) atoms. The highest BCUT2D eigenvalue weighted by molar-refractivity contribution is 5.85. The van der Waals surface area contributed by atoms with Crippen LogP contribution in [0, 0.1) is 12.8 Å². The van der Waals surface area contributed by atoms with Crippen molar-refractivity contribution < 1.29 is 4.79 Å². The molecule has 1 rings (SSSR count). The van der Waals surface area contributed by atoms with Crippen molar-refractivity contribution >= 4 is 18.3 Å². The Morgan fingerprint density at radius 1 is 1.37 bits per heavy atom. The number of aryl methyl sites for hydroxylation is 1. The van der Waals surface area contributed by atoms with E-state index in [1.165, 1.54) is 11.1 Å². The standard InChI is InChI=1S/C15H24N2O.ClH/c1-11-7-5-6-8-13(11)15(3,4)10-17-14(18)12(2)9-16;/h5-8,12H,9-10,16H2,1-4H3,(H,17,18);1H. The molecule has 0 aliphatic carbocycles. The van der Waals surface area contributed by atoms with Crippen LogP contribution in [0.25, 0.3) is 0 Å². The first-order chi connectivity index (χ1) is 8.38. The first kappa shape index (κ1) is 17.9. The summed E-state index contributed by atoms with van der Waals surface area (Å²) in [5.41, 5.74) is 7.94. The Hall–Kier alpha value is -1.06. The van der Waals surface area contributed by atoms with E-state index in [1.54, 1.807) is 0 Å². The Bertz CT molecular complexity index is 418. The van der Waals surface area contributed by atoms with Crippen molar-refractivity contribution in [2.45, 2.75) is 33.1 Å². The van der Waals surface area contributed by atoms with E-state index in [-0.39, 0.29) is 29.6 Å². The lowest BCUT2D eigenvalue weighted by atomic mass is 9.82. The normalized spacial score (nSPS) is 12.5. The number of rotatable bonds is 5. The van der Waals surface area contributed by atoms with Crippen molar-refractivity contribution in [3.05, 3.63) is 35.4 Å². The van der Waals surface area contributed by atoms with Crippen molar-refractivity contribution in [2.24, 2.45) is 11.7 Å². The smallest absolute Gasteiger partial charge is 0.224 e. The maximum Gasteiger partial charge on any atom is 0.224 e. The van der Waals surface area contributed by atoms with Crippen molar-refractivity contribution in [2.75, 3.05) is 13.1 Å². The lowest BCUT2D eigenvalue weighted by Crippen LogP contribution is -2.41. The average molecular weight is 285 g/mol. The Labute approximate surface area is 122 Å². The van der Waals surface area contributed by atoms with Gasteiger partial charge in [-0.25, -0.2) is 0 Å². The molecule has 0 aromatic heterocycles. The van der Waals surface area contributed by atoms with E-state index in [0.29, 0.717) is 13.1 Å². The van der Waals surface area contributed by atoms with Crippen LogP contribution in [0.15, 0.2) is 24.3 Å². The third-order valence-electron chi connectivity index (χ3n) is 3.38. The SMILES string of the molecule is Cc1ccccc1C(C)(C)CNC(=O)C(C)CN.Cl. The second-order valence-corrected chi connectivity index (χ2v) is 5.55. The topological polar surface area (TPSA) is 55.1 Å². The zero-order chi connectivity index (χ0) is 13.8. The molecule has 1 aromatic carbocycles. The molecule has 1 amide bonds. The molecule has 0 saturated carbocycles. The average Bonchev–Trinajstić information content (AvgIpc) is 2.35. The highest BCUT2D eigenvalue weighted by Gasteiger charge is 2.23. The molecule has 0 radical (unpaired) electrons. The largest absolute Gasteiger partial charge is 0.355 e. The maximum atomic E-state index is 11.7. The first-order valence-corrected chi connectivity index (χ1v) is 6.42. The van der Waals surface area contributed by atoms with Gasteiger partial charge in [0.05, 0.1) is 0 Å². The molecular formula is C15H25ClN2O. The van der Waals surface area contributed by atoms with E-state index in [0.717, 1.165) is 0 Å². The summed E-state index contributed by atoms with van der Waals surface area (Å²) in [5, 5.41) is 2.98. The fourth-order valence-corrected chi connectivity index (χ4v) is 2.02. The van der Waals surface area contributed by atoms with Gasteiger partial charge in [0, 0.05) is 24.4 Å².